The molecule has 136 valence electrons. The quantitative estimate of drug-likeness (QED) is 0.841. The topological polar surface area (TPSA) is 92.2 Å². The number of amides is 1. The van der Waals surface area contributed by atoms with Gasteiger partial charge in [0.15, 0.2) is 0 Å². The molecule has 0 saturated heterocycles. The van der Waals surface area contributed by atoms with Gasteiger partial charge in [0.1, 0.15) is 17.5 Å². The Kier molecular flexibility index (Phi) is 6.56. The highest BCUT2D eigenvalue weighted by Crippen LogP contribution is 2.40. The van der Waals surface area contributed by atoms with Crippen molar-refractivity contribution in [1.29, 1.82) is 5.26 Å². The van der Waals surface area contributed by atoms with Crippen molar-refractivity contribution >= 4 is 17.5 Å². The molecule has 1 aromatic heterocycles. The van der Waals surface area contributed by atoms with E-state index >= 15 is 0 Å². The van der Waals surface area contributed by atoms with Crippen LogP contribution in [0.1, 0.15) is 28.5 Å². The monoisotopic (exact) mass is 372 g/mol. The zero-order valence-corrected chi connectivity index (χ0v) is 15.8. The van der Waals surface area contributed by atoms with Crippen LogP contribution in [0.2, 0.25) is 5.02 Å². The van der Waals surface area contributed by atoms with Gasteiger partial charge in [-0.3, -0.25) is 9.78 Å². The molecule has 2 aromatic rings. The maximum atomic E-state index is 12.0. The highest BCUT2D eigenvalue weighted by Gasteiger charge is 2.21. The Bertz CT molecular complexity index is 842. The minimum Gasteiger partial charge on any atom is -0.493 e. The Labute approximate surface area is 158 Å². The predicted octanol–water partition coefficient (Wildman–Crippen LogP) is 2.88. The second-order valence-corrected chi connectivity index (χ2v) is 6.22. The summed E-state index contributed by atoms with van der Waals surface area (Å²) >= 11 is 6.32. The smallest absolute Gasteiger partial charge is 0.271 e. The van der Waals surface area contributed by atoms with Gasteiger partial charge in [-0.05, 0) is 37.6 Å². The first-order valence-electron chi connectivity index (χ1n) is 8.20. The van der Waals surface area contributed by atoms with E-state index in [4.69, 9.17) is 22.1 Å². The van der Waals surface area contributed by atoms with E-state index in [0.717, 1.165) is 5.56 Å². The van der Waals surface area contributed by atoms with Crippen molar-refractivity contribution in [3.63, 3.8) is 0 Å². The third-order valence-electron chi connectivity index (χ3n) is 3.80. The second-order valence-electron chi connectivity index (χ2n) is 5.81. The number of nitrogens with two attached hydrogens (primary N) is 1. The highest BCUT2D eigenvalue weighted by atomic mass is 35.5. The minimum absolute atomic E-state index is 0.197. The Balaban J connectivity index is 2.66. The number of carbonyl (C=O) groups excluding carboxylic acids is 1. The van der Waals surface area contributed by atoms with E-state index in [0.29, 0.717) is 52.7 Å². The summed E-state index contributed by atoms with van der Waals surface area (Å²) in [5, 5.41) is 9.93. The van der Waals surface area contributed by atoms with Crippen molar-refractivity contribution in [3.05, 3.63) is 46.2 Å². The summed E-state index contributed by atoms with van der Waals surface area (Å²) in [7, 11) is 3.32. The van der Waals surface area contributed by atoms with E-state index in [1.807, 2.05) is 6.92 Å². The van der Waals surface area contributed by atoms with Gasteiger partial charge >= 0.3 is 0 Å². The molecule has 0 spiro atoms. The van der Waals surface area contributed by atoms with Gasteiger partial charge in [0, 0.05) is 31.4 Å². The molecule has 1 aromatic carbocycles. The average Bonchev–Trinajstić information content (AvgIpc) is 2.63. The number of hydrogen-bond donors (Lipinski definition) is 1. The molecular weight excluding hydrogens is 352 g/mol. The maximum Gasteiger partial charge on any atom is 0.271 e. The molecule has 2 N–H and O–H groups in total. The van der Waals surface area contributed by atoms with Crippen LogP contribution < -0.4 is 10.5 Å². The van der Waals surface area contributed by atoms with Crippen LogP contribution >= 0.6 is 11.6 Å². The van der Waals surface area contributed by atoms with Crippen LogP contribution in [0.15, 0.2) is 24.4 Å². The van der Waals surface area contributed by atoms with E-state index < -0.39 is 0 Å². The molecule has 0 aliphatic rings. The molecule has 0 aliphatic heterocycles. The molecule has 0 aliphatic carbocycles. The number of pyridine rings is 1. The van der Waals surface area contributed by atoms with Crippen LogP contribution in [-0.4, -0.2) is 43.0 Å². The number of rotatable bonds is 6. The summed E-state index contributed by atoms with van der Waals surface area (Å²) in [5.41, 5.74) is 8.39. The Morgan fingerprint density at radius 3 is 2.65 bits per heavy atom. The lowest BCUT2D eigenvalue weighted by atomic mass is 9.95. The molecule has 7 heteroatoms. The van der Waals surface area contributed by atoms with Crippen molar-refractivity contribution in [3.8, 4) is 22.9 Å². The van der Waals surface area contributed by atoms with Crippen LogP contribution in [0.25, 0.3) is 11.1 Å². The molecule has 2 rings (SSSR count). The molecule has 1 heterocycles. The van der Waals surface area contributed by atoms with Crippen molar-refractivity contribution in [1.82, 2.24) is 9.88 Å². The zero-order chi connectivity index (χ0) is 19.3. The lowest BCUT2D eigenvalue weighted by Gasteiger charge is -2.18. The van der Waals surface area contributed by atoms with Crippen molar-refractivity contribution < 1.29 is 9.53 Å². The molecule has 0 unspecified atom stereocenters. The second kappa shape index (κ2) is 8.65. The summed E-state index contributed by atoms with van der Waals surface area (Å²) in [6, 6.07) is 7.23. The van der Waals surface area contributed by atoms with Crippen molar-refractivity contribution in [2.45, 2.75) is 13.3 Å². The Morgan fingerprint density at radius 2 is 2.15 bits per heavy atom. The SMILES string of the molecule is CCOc1c(CCN)cc(Cl)c(C#N)c1-c1ccc(C(=O)N(C)C)nc1. The van der Waals surface area contributed by atoms with Gasteiger partial charge in [0.25, 0.3) is 5.91 Å². The first-order chi connectivity index (χ1) is 12.4. The van der Waals surface area contributed by atoms with E-state index in [1.54, 1.807) is 38.5 Å². The summed E-state index contributed by atoms with van der Waals surface area (Å²) in [5.74, 6) is 0.379. The highest BCUT2D eigenvalue weighted by molar-refractivity contribution is 6.32. The lowest BCUT2D eigenvalue weighted by Crippen LogP contribution is -2.22. The van der Waals surface area contributed by atoms with Gasteiger partial charge in [-0.15, -0.1) is 0 Å². The zero-order valence-electron chi connectivity index (χ0n) is 15.0. The fourth-order valence-electron chi connectivity index (χ4n) is 2.62. The first-order valence-corrected chi connectivity index (χ1v) is 8.58. The number of nitriles is 1. The van der Waals surface area contributed by atoms with E-state index in [2.05, 4.69) is 11.1 Å². The van der Waals surface area contributed by atoms with Gasteiger partial charge in [0.2, 0.25) is 0 Å². The summed E-state index contributed by atoms with van der Waals surface area (Å²) in [6.45, 7) is 2.73. The van der Waals surface area contributed by atoms with Gasteiger partial charge in [0.05, 0.1) is 17.2 Å². The average molecular weight is 373 g/mol. The number of halogens is 1. The fraction of sp³-hybridized carbons (Fsp3) is 0.316. The molecule has 6 nitrogen and oxygen atoms in total. The number of hydrogen-bond acceptors (Lipinski definition) is 5. The maximum absolute atomic E-state index is 12.0. The van der Waals surface area contributed by atoms with Crippen molar-refractivity contribution in [2.75, 3.05) is 27.2 Å². The molecule has 0 bridgehead atoms. The number of aromatic nitrogens is 1. The van der Waals surface area contributed by atoms with Crippen LogP contribution in [0, 0.1) is 11.3 Å². The molecular formula is C19H21ClN4O2. The van der Waals surface area contributed by atoms with E-state index in [1.165, 1.54) is 4.90 Å². The van der Waals surface area contributed by atoms with Crippen molar-refractivity contribution in [2.24, 2.45) is 5.73 Å². The van der Waals surface area contributed by atoms with Gasteiger partial charge in [-0.25, -0.2) is 0 Å². The minimum atomic E-state index is -0.197. The summed E-state index contributed by atoms with van der Waals surface area (Å²) < 4.78 is 5.82. The predicted molar refractivity (Wildman–Crippen MR) is 101 cm³/mol. The van der Waals surface area contributed by atoms with Crippen LogP contribution in [0.3, 0.4) is 0 Å². The number of benzene rings is 1. The molecule has 0 atom stereocenters. The van der Waals surface area contributed by atoms with E-state index in [-0.39, 0.29) is 5.91 Å². The Morgan fingerprint density at radius 1 is 1.42 bits per heavy atom. The molecule has 0 fully saturated rings. The first kappa shape index (κ1) is 19.7. The van der Waals surface area contributed by atoms with Gasteiger partial charge < -0.3 is 15.4 Å². The van der Waals surface area contributed by atoms with Gasteiger partial charge in [-0.1, -0.05) is 17.7 Å². The standard InChI is InChI=1S/C19H21ClN4O2/c1-4-26-18-12(7-8-21)9-15(20)14(10-22)17(18)13-5-6-16(23-11-13)19(25)24(2)3/h5-6,9,11H,4,7-8,21H2,1-3H3. The van der Waals surface area contributed by atoms with Gasteiger partial charge in [-0.2, -0.15) is 5.26 Å². The van der Waals surface area contributed by atoms with Crippen LogP contribution in [0.5, 0.6) is 5.75 Å². The fourth-order valence-corrected chi connectivity index (χ4v) is 2.89. The van der Waals surface area contributed by atoms with Crippen LogP contribution in [-0.2, 0) is 6.42 Å². The number of ether oxygens (including phenoxy) is 1. The molecule has 1 amide bonds. The third kappa shape index (κ3) is 3.96. The third-order valence-corrected chi connectivity index (χ3v) is 4.10. The lowest BCUT2D eigenvalue weighted by molar-refractivity contribution is 0.0822. The normalized spacial score (nSPS) is 10.3. The molecule has 0 radical (unpaired) electrons. The van der Waals surface area contributed by atoms with Crippen LogP contribution in [0.4, 0.5) is 0 Å². The Hall–Kier alpha value is -2.62. The largest absolute Gasteiger partial charge is 0.493 e. The number of carbonyl (C=O) groups is 1. The molecule has 0 saturated carbocycles. The van der Waals surface area contributed by atoms with E-state index in [9.17, 15) is 10.1 Å². The molecule has 26 heavy (non-hydrogen) atoms. The number of nitrogens with zero attached hydrogens (tertiary/aromatic N) is 3. The summed E-state index contributed by atoms with van der Waals surface area (Å²) in [4.78, 5) is 17.7. The summed E-state index contributed by atoms with van der Waals surface area (Å²) in [6.07, 6.45) is 2.12.